The van der Waals surface area contributed by atoms with Gasteiger partial charge >= 0.3 is 0 Å². The van der Waals surface area contributed by atoms with E-state index in [1.807, 2.05) is 31.2 Å². The van der Waals surface area contributed by atoms with Gasteiger partial charge in [0.15, 0.2) is 6.10 Å². The van der Waals surface area contributed by atoms with Crippen molar-refractivity contribution in [3.63, 3.8) is 0 Å². The van der Waals surface area contributed by atoms with Gasteiger partial charge in [-0.15, -0.1) is 0 Å². The normalized spacial score (nSPS) is 16.7. The number of hydrogen-bond acceptors (Lipinski definition) is 3. The largest absolute Gasteiger partial charge is 0.508 e. The molecule has 0 saturated heterocycles. The number of amides is 1. The minimum Gasteiger partial charge on any atom is -0.508 e. The Morgan fingerprint density at radius 2 is 1.92 bits per heavy atom. The van der Waals surface area contributed by atoms with Gasteiger partial charge in [0.2, 0.25) is 0 Å². The highest BCUT2D eigenvalue weighted by Crippen LogP contribution is 2.37. The molecule has 1 aliphatic rings. The maximum absolute atomic E-state index is 12.9. The number of ether oxygens (including phenoxy) is 1. The van der Waals surface area contributed by atoms with Gasteiger partial charge < -0.3 is 14.7 Å². The van der Waals surface area contributed by atoms with Crippen molar-refractivity contribution >= 4 is 11.6 Å². The van der Waals surface area contributed by atoms with Gasteiger partial charge in [-0.1, -0.05) is 43.2 Å². The number of fused-ring (bicyclic) bond motifs is 1. The van der Waals surface area contributed by atoms with Gasteiger partial charge in [-0.05, 0) is 31.0 Å². The molecule has 0 aromatic heterocycles. The van der Waals surface area contributed by atoms with Crippen LogP contribution in [0.25, 0.3) is 0 Å². The molecule has 0 saturated carbocycles. The van der Waals surface area contributed by atoms with E-state index in [-0.39, 0.29) is 11.7 Å². The Hall–Kier alpha value is -2.49. The van der Waals surface area contributed by atoms with Gasteiger partial charge in [-0.3, -0.25) is 4.79 Å². The number of unbranched alkanes of at least 4 members (excludes halogenated alkanes) is 1. The minimum absolute atomic E-state index is 0.0397. The number of hydrogen-bond donors (Lipinski definition) is 1. The van der Waals surface area contributed by atoms with E-state index in [9.17, 15) is 9.90 Å². The molecule has 4 heteroatoms. The van der Waals surface area contributed by atoms with Crippen molar-refractivity contribution < 1.29 is 14.6 Å². The van der Waals surface area contributed by atoms with Crippen molar-refractivity contribution in [1.82, 2.24) is 0 Å². The lowest BCUT2D eigenvalue weighted by molar-refractivity contribution is -0.126. The van der Waals surface area contributed by atoms with Crippen molar-refractivity contribution in [3.05, 3.63) is 53.6 Å². The van der Waals surface area contributed by atoms with Crippen molar-refractivity contribution in [1.29, 1.82) is 0 Å². The highest BCUT2D eigenvalue weighted by atomic mass is 16.5. The monoisotopic (exact) mass is 325 g/mol. The summed E-state index contributed by atoms with van der Waals surface area (Å²) in [5.74, 6) is 0.756. The van der Waals surface area contributed by atoms with E-state index in [2.05, 4.69) is 6.92 Å². The Morgan fingerprint density at radius 1 is 1.17 bits per heavy atom. The van der Waals surface area contributed by atoms with Gasteiger partial charge in [0.05, 0.1) is 5.69 Å². The smallest absolute Gasteiger partial charge is 0.268 e. The van der Waals surface area contributed by atoms with E-state index in [1.54, 1.807) is 23.1 Å². The minimum atomic E-state index is -0.526. The van der Waals surface area contributed by atoms with Crippen LogP contribution < -0.4 is 9.64 Å². The van der Waals surface area contributed by atoms with Gasteiger partial charge in [0.25, 0.3) is 5.91 Å². The van der Waals surface area contributed by atoms with Gasteiger partial charge in [-0.25, -0.2) is 0 Å². The summed E-state index contributed by atoms with van der Waals surface area (Å²) >= 11 is 0. The molecule has 0 aliphatic carbocycles. The SMILES string of the molecule is CCCCN1C(=O)C(Cc2ccc(C)cc2)Oc2ccc(O)cc21. The Kier molecular flexibility index (Phi) is 4.74. The number of phenolic OH excluding ortho intramolecular Hbond substituents is 1. The predicted molar refractivity (Wildman–Crippen MR) is 94.7 cm³/mol. The molecular formula is C20H23NO3. The molecule has 126 valence electrons. The molecule has 1 aliphatic heterocycles. The molecule has 0 fully saturated rings. The van der Waals surface area contributed by atoms with Crippen molar-refractivity contribution in [2.24, 2.45) is 0 Å². The molecule has 0 bridgehead atoms. The molecule has 1 N–H and O–H groups in total. The Balaban J connectivity index is 1.88. The molecule has 1 atom stereocenters. The van der Waals surface area contributed by atoms with Crippen molar-refractivity contribution in [2.75, 3.05) is 11.4 Å². The maximum atomic E-state index is 12.9. The topological polar surface area (TPSA) is 49.8 Å². The zero-order chi connectivity index (χ0) is 17.1. The first kappa shape index (κ1) is 16.4. The fourth-order valence-electron chi connectivity index (χ4n) is 2.93. The lowest BCUT2D eigenvalue weighted by atomic mass is 10.0. The summed E-state index contributed by atoms with van der Waals surface area (Å²) in [5.41, 5.74) is 2.94. The van der Waals surface area contributed by atoms with Crippen LogP contribution in [-0.2, 0) is 11.2 Å². The molecule has 0 radical (unpaired) electrons. The van der Waals surface area contributed by atoms with Crippen LogP contribution >= 0.6 is 0 Å². The Labute approximate surface area is 142 Å². The Morgan fingerprint density at radius 3 is 2.62 bits per heavy atom. The first-order valence-electron chi connectivity index (χ1n) is 8.45. The number of nitrogens with zero attached hydrogens (tertiary/aromatic N) is 1. The zero-order valence-electron chi connectivity index (χ0n) is 14.2. The molecule has 24 heavy (non-hydrogen) atoms. The number of aryl methyl sites for hydroxylation is 1. The number of benzene rings is 2. The fraction of sp³-hybridized carbons (Fsp3) is 0.350. The van der Waals surface area contributed by atoms with Crippen molar-refractivity contribution in [2.45, 2.75) is 39.2 Å². The number of phenols is 1. The van der Waals surface area contributed by atoms with Gasteiger partial charge in [-0.2, -0.15) is 0 Å². The first-order valence-corrected chi connectivity index (χ1v) is 8.45. The third-order valence-electron chi connectivity index (χ3n) is 4.32. The third-order valence-corrected chi connectivity index (χ3v) is 4.32. The van der Waals surface area contributed by atoms with E-state index >= 15 is 0 Å². The maximum Gasteiger partial charge on any atom is 0.268 e. The van der Waals surface area contributed by atoms with E-state index in [0.717, 1.165) is 18.4 Å². The van der Waals surface area contributed by atoms with Crippen LogP contribution in [0.1, 0.15) is 30.9 Å². The average molecular weight is 325 g/mol. The molecule has 1 amide bonds. The second kappa shape index (κ2) is 6.95. The molecule has 4 nitrogen and oxygen atoms in total. The number of carbonyl (C=O) groups is 1. The van der Waals surface area contributed by atoms with Crippen LogP contribution in [0.15, 0.2) is 42.5 Å². The first-order chi connectivity index (χ1) is 11.6. The summed E-state index contributed by atoms with van der Waals surface area (Å²) in [4.78, 5) is 14.6. The second-order valence-electron chi connectivity index (χ2n) is 6.29. The molecule has 2 aromatic carbocycles. The van der Waals surface area contributed by atoms with E-state index < -0.39 is 6.10 Å². The third kappa shape index (κ3) is 3.37. The highest BCUT2D eigenvalue weighted by molar-refractivity contribution is 6.00. The highest BCUT2D eigenvalue weighted by Gasteiger charge is 2.34. The van der Waals surface area contributed by atoms with Crippen LogP contribution in [0.3, 0.4) is 0 Å². The van der Waals surface area contributed by atoms with Crippen LogP contribution in [0, 0.1) is 6.92 Å². The summed E-state index contributed by atoms with van der Waals surface area (Å²) in [7, 11) is 0. The molecule has 1 heterocycles. The fourth-order valence-corrected chi connectivity index (χ4v) is 2.93. The second-order valence-corrected chi connectivity index (χ2v) is 6.29. The quantitative estimate of drug-likeness (QED) is 0.909. The summed E-state index contributed by atoms with van der Waals surface area (Å²) in [5, 5.41) is 9.75. The number of anilines is 1. The standard InChI is InChI=1S/C20H23NO3/c1-3-4-11-21-17-13-16(22)9-10-18(17)24-19(20(21)23)12-15-7-5-14(2)6-8-15/h5-10,13,19,22H,3-4,11-12H2,1-2H3. The average Bonchev–Trinajstić information content (AvgIpc) is 2.57. The summed E-state index contributed by atoms with van der Waals surface area (Å²) < 4.78 is 5.94. The summed E-state index contributed by atoms with van der Waals surface area (Å²) in [6.45, 7) is 4.78. The van der Waals surface area contributed by atoms with Crippen LogP contribution in [0.4, 0.5) is 5.69 Å². The number of carbonyl (C=O) groups excluding carboxylic acids is 1. The lowest BCUT2D eigenvalue weighted by Crippen LogP contribution is -2.47. The van der Waals surface area contributed by atoms with Crippen LogP contribution in [0.5, 0.6) is 11.5 Å². The Bertz CT molecular complexity index is 724. The molecule has 1 unspecified atom stereocenters. The predicted octanol–water partition coefficient (Wildman–Crippen LogP) is 3.84. The molecule has 3 rings (SSSR count). The van der Waals surface area contributed by atoms with Crippen LogP contribution in [0.2, 0.25) is 0 Å². The van der Waals surface area contributed by atoms with E-state index in [1.165, 1.54) is 5.56 Å². The summed E-state index contributed by atoms with van der Waals surface area (Å²) in [6, 6.07) is 13.1. The molecule has 0 spiro atoms. The lowest BCUT2D eigenvalue weighted by Gasteiger charge is -2.34. The van der Waals surface area contributed by atoms with Crippen LogP contribution in [-0.4, -0.2) is 23.7 Å². The zero-order valence-corrected chi connectivity index (χ0v) is 14.2. The van der Waals surface area contributed by atoms with Gasteiger partial charge in [0, 0.05) is 19.0 Å². The molecule has 2 aromatic rings. The van der Waals surface area contributed by atoms with E-state index in [0.29, 0.717) is 24.4 Å². The number of aromatic hydroxyl groups is 1. The van der Waals surface area contributed by atoms with Gasteiger partial charge in [0.1, 0.15) is 11.5 Å². The summed E-state index contributed by atoms with van der Waals surface area (Å²) in [6.07, 6.45) is 1.93. The molecular weight excluding hydrogens is 302 g/mol. The van der Waals surface area contributed by atoms with E-state index in [4.69, 9.17) is 4.74 Å². The number of rotatable bonds is 5. The van der Waals surface area contributed by atoms with Crippen molar-refractivity contribution in [3.8, 4) is 11.5 Å².